The van der Waals surface area contributed by atoms with Gasteiger partial charge in [0.1, 0.15) is 0 Å². The van der Waals surface area contributed by atoms with E-state index < -0.39 is 0 Å². The average Bonchev–Trinajstić information content (AvgIpc) is 2.58. The van der Waals surface area contributed by atoms with Crippen LogP contribution in [0.1, 0.15) is 110 Å². The van der Waals surface area contributed by atoms with Crippen molar-refractivity contribution in [1.82, 2.24) is 0 Å². The summed E-state index contributed by atoms with van der Waals surface area (Å²) in [7, 11) is 0. The summed E-state index contributed by atoms with van der Waals surface area (Å²) in [5, 5.41) is 0. The van der Waals surface area contributed by atoms with E-state index in [1.807, 2.05) is 0 Å². The molecule has 3 aliphatic rings. The van der Waals surface area contributed by atoms with Crippen molar-refractivity contribution >= 4 is 0 Å². The lowest BCUT2D eigenvalue weighted by Gasteiger charge is -2.37. The Hall–Kier alpha value is 0. The molecule has 0 aliphatic heterocycles. The molecule has 22 heavy (non-hydrogen) atoms. The zero-order chi connectivity index (χ0) is 15.2. The van der Waals surface area contributed by atoms with Gasteiger partial charge in [-0.1, -0.05) is 96.8 Å². The molecule has 3 rings (SSSR count). The van der Waals surface area contributed by atoms with Gasteiger partial charge in [-0.3, -0.25) is 0 Å². The molecule has 0 heterocycles. The normalized spacial score (nSPS) is 33.7. The van der Waals surface area contributed by atoms with Gasteiger partial charge in [0.15, 0.2) is 0 Å². The molecule has 0 aromatic carbocycles. The lowest BCUT2D eigenvalue weighted by molar-refractivity contribution is 0.142. The van der Waals surface area contributed by atoms with E-state index >= 15 is 0 Å². The first-order valence-corrected chi connectivity index (χ1v) is 10.8. The van der Waals surface area contributed by atoms with Crippen LogP contribution in [0.15, 0.2) is 0 Å². The number of hydrogen-bond donors (Lipinski definition) is 0. The Balaban J connectivity index is 1.54. The molecular formula is C22H40. The van der Waals surface area contributed by atoms with E-state index in [1.54, 1.807) is 51.4 Å². The topological polar surface area (TPSA) is 0 Å². The average molecular weight is 305 g/mol. The Labute approximate surface area is 139 Å². The van der Waals surface area contributed by atoms with E-state index in [4.69, 9.17) is 0 Å². The highest BCUT2D eigenvalue weighted by Gasteiger charge is 2.30. The maximum Gasteiger partial charge on any atom is -0.0381 e. The highest BCUT2D eigenvalue weighted by Crippen LogP contribution is 2.42. The summed E-state index contributed by atoms with van der Waals surface area (Å²) in [6.45, 7) is 2.47. The molecule has 0 spiro atoms. The predicted molar refractivity (Wildman–Crippen MR) is 97.0 cm³/mol. The quantitative estimate of drug-likeness (QED) is 0.497. The Kier molecular flexibility index (Phi) is 6.69. The van der Waals surface area contributed by atoms with Crippen molar-refractivity contribution in [2.24, 2.45) is 29.6 Å². The first-order chi connectivity index (χ1) is 10.8. The van der Waals surface area contributed by atoms with Crippen molar-refractivity contribution in [2.45, 2.75) is 110 Å². The van der Waals surface area contributed by atoms with Gasteiger partial charge in [-0.05, 0) is 42.4 Å². The molecule has 128 valence electrons. The SMILES string of the molecule is CC1CCC(CC(CC2CCCCC2)C2CCCCC2)CC1. The minimum absolute atomic E-state index is 1.02. The third-order valence-electron chi connectivity index (χ3n) is 7.45. The lowest BCUT2D eigenvalue weighted by atomic mass is 9.68. The van der Waals surface area contributed by atoms with Crippen molar-refractivity contribution in [3.05, 3.63) is 0 Å². The molecule has 1 unspecified atom stereocenters. The van der Waals surface area contributed by atoms with Crippen molar-refractivity contribution in [2.75, 3.05) is 0 Å². The van der Waals surface area contributed by atoms with E-state index in [0.29, 0.717) is 0 Å². The van der Waals surface area contributed by atoms with Gasteiger partial charge in [0, 0.05) is 0 Å². The first kappa shape index (κ1) is 16.8. The molecule has 3 aliphatic carbocycles. The van der Waals surface area contributed by atoms with Gasteiger partial charge in [-0.25, -0.2) is 0 Å². The summed E-state index contributed by atoms with van der Waals surface area (Å²) in [5.41, 5.74) is 0. The Bertz CT molecular complexity index is 287. The summed E-state index contributed by atoms with van der Waals surface area (Å²) >= 11 is 0. The highest BCUT2D eigenvalue weighted by molar-refractivity contribution is 4.81. The molecule has 0 radical (unpaired) electrons. The standard InChI is InChI=1S/C22H40/c1-18-12-14-20(15-13-18)17-22(21-10-6-3-7-11-21)16-19-8-4-2-5-9-19/h18-22H,2-17H2,1H3. The molecule has 0 amide bonds. The molecule has 0 aromatic rings. The monoisotopic (exact) mass is 304 g/mol. The van der Waals surface area contributed by atoms with Crippen LogP contribution in [-0.2, 0) is 0 Å². The third-order valence-corrected chi connectivity index (χ3v) is 7.45. The fourth-order valence-electron chi connectivity index (χ4n) is 5.93. The van der Waals surface area contributed by atoms with Crippen LogP contribution in [0.25, 0.3) is 0 Å². The second-order valence-corrected chi connectivity index (χ2v) is 9.26. The second kappa shape index (κ2) is 8.74. The molecule has 0 heteroatoms. The van der Waals surface area contributed by atoms with Gasteiger partial charge >= 0.3 is 0 Å². The number of rotatable bonds is 5. The van der Waals surface area contributed by atoms with Crippen LogP contribution in [0.4, 0.5) is 0 Å². The van der Waals surface area contributed by atoms with Gasteiger partial charge in [0.2, 0.25) is 0 Å². The van der Waals surface area contributed by atoms with Crippen LogP contribution in [0.3, 0.4) is 0 Å². The molecule has 3 fully saturated rings. The zero-order valence-electron chi connectivity index (χ0n) is 15.2. The van der Waals surface area contributed by atoms with E-state index in [9.17, 15) is 0 Å². The molecule has 3 saturated carbocycles. The van der Waals surface area contributed by atoms with Crippen LogP contribution in [0.2, 0.25) is 0 Å². The Morgan fingerprint density at radius 3 is 1.68 bits per heavy atom. The van der Waals surface area contributed by atoms with Crippen molar-refractivity contribution in [3.8, 4) is 0 Å². The van der Waals surface area contributed by atoms with Crippen LogP contribution in [0.5, 0.6) is 0 Å². The van der Waals surface area contributed by atoms with E-state index in [0.717, 1.165) is 29.6 Å². The van der Waals surface area contributed by atoms with E-state index in [-0.39, 0.29) is 0 Å². The van der Waals surface area contributed by atoms with Gasteiger partial charge in [-0.15, -0.1) is 0 Å². The molecule has 0 saturated heterocycles. The number of hydrogen-bond acceptors (Lipinski definition) is 0. The fraction of sp³-hybridized carbons (Fsp3) is 1.00. The van der Waals surface area contributed by atoms with Crippen molar-refractivity contribution in [3.63, 3.8) is 0 Å². The van der Waals surface area contributed by atoms with Gasteiger partial charge in [-0.2, -0.15) is 0 Å². The van der Waals surface area contributed by atoms with E-state index in [2.05, 4.69) is 6.92 Å². The van der Waals surface area contributed by atoms with Crippen molar-refractivity contribution in [1.29, 1.82) is 0 Å². The minimum Gasteiger partial charge on any atom is -0.0625 e. The molecule has 0 bridgehead atoms. The molecule has 0 nitrogen and oxygen atoms in total. The van der Waals surface area contributed by atoms with Crippen LogP contribution < -0.4 is 0 Å². The first-order valence-electron chi connectivity index (χ1n) is 10.8. The Morgan fingerprint density at radius 2 is 1.09 bits per heavy atom. The van der Waals surface area contributed by atoms with Crippen LogP contribution in [-0.4, -0.2) is 0 Å². The summed E-state index contributed by atoms with van der Waals surface area (Å²) in [6.07, 6.45) is 24.8. The maximum absolute atomic E-state index is 2.47. The smallest absolute Gasteiger partial charge is 0.0381 e. The molecule has 1 atom stereocenters. The van der Waals surface area contributed by atoms with Crippen molar-refractivity contribution < 1.29 is 0 Å². The van der Waals surface area contributed by atoms with Gasteiger partial charge in [0.25, 0.3) is 0 Å². The minimum atomic E-state index is 1.02. The third kappa shape index (κ3) is 5.00. The van der Waals surface area contributed by atoms with Gasteiger partial charge in [0.05, 0.1) is 0 Å². The van der Waals surface area contributed by atoms with E-state index in [1.165, 1.54) is 51.4 Å². The maximum atomic E-state index is 2.47. The molecular weight excluding hydrogens is 264 g/mol. The predicted octanol–water partition coefficient (Wildman–Crippen LogP) is 7.37. The van der Waals surface area contributed by atoms with Crippen LogP contribution >= 0.6 is 0 Å². The fourth-order valence-corrected chi connectivity index (χ4v) is 5.93. The summed E-state index contributed by atoms with van der Waals surface area (Å²) in [6, 6.07) is 0. The molecule has 0 aromatic heterocycles. The van der Waals surface area contributed by atoms with Crippen LogP contribution in [0, 0.1) is 29.6 Å². The zero-order valence-corrected chi connectivity index (χ0v) is 15.2. The summed E-state index contributed by atoms with van der Waals surface area (Å²) in [4.78, 5) is 0. The highest BCUT2D eigenvalue weighted by atomic mass is 14.4. The second-order valence-electron chi connectivity index (χ2n) is 9.26. The van der Waals surface area contributed by atoms with Gasteiger partial charge < -0.3 is 0 Å². The summed E-state index contributed by atoms with van der Waals surface area (Å²) in [5.74, 6) is 5.41. The lowest BCUT2D eigenvalue weighted by Crippen LogP contribution is -2.25. The summed E-state index contributed by atoms with van der Waals surface area (Å²) < 4.78 is 0. The largest absolute Gasteiger partial charge is 0.0625 e. The molecule has 0 N–H and O–H groups in total. The Morgan fingerprint density at radius 1 is 0.591 bits per heavy atom.